The summed E-state index contributed by atoms with van der Waals surface area (Å²) in [7, 11) is 0. The van der Waals surface area contributed by atoms with Crippen LogP contribution in [0.25, 0.3) is 0 Å². The molecule has 2 heterocycles. The predicted molar refractivity (Wildman–Crippen MR) is 76.4 cm³/mol. The molecule has 5 heteroatoms. The van der Waals surface area contributed by atoms with Gasteiger partial charge in [0.05, 0.1) is 5.51 Å². The minimum Gasteiger partial charge on any atom is -0.297 e. The van der Waals surface area contributed by atoms with Crippen LogP contribution >= 0.6 is 11.3 Å². The quantitative estimate of drug-likeness (QED) is 0.631. The number of nitrogens with zero attached hydrogens (tertiary/aromatic N) is 2. The summed E-state index contributed by atoms with van der Waals surface area (Å²) >= 11 is 1.70. The maximum atomic E-state index is 5.79. The molecule has 3 N–H and O–H groups in total. The molecule has 1 aliphatic rings. The van der Waals surface area contributed by atoms with E-state index in [0.29, 0.717) is 0 Å². The van der Waals surface area contributed by atoms with Crippen molar-refractivity contribution < 1.29 is 0 Å². The summed E-state index contributed by atoms with van der Waals surface area (Å²) in [6.45, 7) is 6.97. The fourth-order valence-electron chi connectivity index (χ4n) is 2.75. The first-order chi connectivity index (χ1) is 8.64. The Labute approximate surface area is 114 Å². The fraction of sp³-hybridized carbons (Fsp3) is 0.769. The molecule has 102 valence electrons. The number of hydrogen-bond acceptors (Lipinski definition) is 5. The minimum absolute atomic E-state index is 0.0825. The molecule has 0 aromatic carbocycles. The number of aromatic nitrogens is 1. The summed E-state index contributed by atoms with van der Waals surface area (Å²) in [5.41, 5.74) is 4.98. The van der Waals surface area contributed by atoms with E-state index in [1.54, 1.807) is 11.3 Å². The van der Waals surface area contributed by atoms with Crippen molar-refractivity contribution in [3.8, 4) is 0 Å². The molecule has 0 bridgehead atoms. The van der Waals surface area contributed by atoms with Gasteiger partial charge in [0.1, 0.15) is 0 Å². The van der Waals surface area contributed by atoms with Crippen LogP contribution in [-0.4, -0.2) is 34.6 Å². The van der Waals surface area contributed by atoms with Crippen LogP contribution in [-0.2, 0) is 6.42 Å². The van der Waals surface area contributed by atoms with Gasteiger partial charge in [0.2, 0.25) is 0 Å². The Morgan fingerprint density at radius 1 is 1.44 bits per heavy atom. The summed E-state index contributed by atoms with van der Waals surface area (Å²) in [6, 6.07) is 0.260. The van der Waals surface area contributed by atoms with Crippen LogP contribution in [0.15, 0.2) is 11.7 Å². The zero-order valence-corrected chi connectivity index (χ0v) is 12.2. The van der Waals surface area contributed by atoms with E-state index in [-0.39, 0.29) is 11.6 Å². The van der Waals surface area contributed by atoms with E-state index in [9.17, 15) is 0 Å². The highest BCUT2D eigenvalue weighted by atomic mass is 32.1. The van der Waals surface area contributed by atoms with Crippen molar-refractivity contribution in [2.45, 2.75) is 51.1 Å². The van der Waals surface area contributed by atoms with Crippen molar-refractivity contribution in [3.63, 3.8) is 0 Å². The smallest absolute Gasteiger partial charge is 0.0794 e. The second kappa shape index (κ2) is 6.10. The molecular weight excluding hydrogens is 244 g/mol. The molecule has 1 aliphatic heterocycles. The van der Waals surface area contributed by atoms with Crippen LogP contribution in [0.1, 0.15) is 38.0 Å². The summed E-state index contributed by atoms with van der Waals surface area (Å²) < 4.78 is 0. The van der Waals surface area contributed by atoms with Crippen molar-refractivity contribution in [2.24, 2.45) is 5.84 Å². The molecule has 1 aromatic heterocycles. The third-order valence-corrected chi connectivity index (χ3v) is 4.92. The Hall–Kier alpha value is -0.490. The maximum absolute atomic E-state index is 5.79. The molecule has 18 heavy (non-hydrogen) atoms. The molecule has 0 saturated carbocycles. The lowest BCUT2D eigenvalue weighted by atomic mass is 9.88. The van der Waals surface area contributed by atoms with E-state index in [0.717, 1.165) is 6.42 Å². The van der Waals surface area contributed by atoms with Crippen LogP contribution in [0, 0.1) is 0 Å². The van der Waals surface area contributed by atoms with E-state index < -0.39 is 0 Å². The van der Waals surface area contributed by atoms with Gasteiger partial charge in [-0.25, -0.2) is 0 Å². The molecular formula is C13H24N4S. The zero-order chi connectivity index (χ0) is 13.0. The highest BCUT2D eigenvalue weighted by Crippen LogP contribution is 2.26. The minimum atomic E-state index is 0.0825. The van der Waals surface area contributed by atoms with Crippen LogP contribution in [0.4, 0.5) is 0 Å². The van der Waals surface area contributed by atoms with Crippen molar-refractivity contribution in [1.29, 1.82) is 0 Å². The summed E-state index contributed by atoms with van der Waals surface area (Å²) in [6.07, 6.45) is 6.87. The number of piperidine rings is 1. The van der Waals surface area contributed by atoms with Crippen LogP contribution in [0.3, 0.4) is 0 Å². The summed E-state index contributed by atoms with van der Waals surface area (Å²) in [5, 5.41) is 0. The van der Waals surface area contributed by atoms with Gasteiger partial charge in [-0.2, -0.15) is 0 Å². The molecule has 0 aliphatic carbocycles. The largest absolute Gasteiger partial charge is 0.297 e. The Kier molecular flexibility index (Phi) is 4.72. The lowest BCUT2D eigenvalue weighted by molar-refractivity contribution is 0.0613. The van der Waals surface area contributed by atoms with Gasteiger partial charge in [0, 0.05) is 29.1 Å². The van der Waals surface area contributed by atoms with Crippen LogP contribution in [0.5, 0.6) is 0 Å². The Morgan fingerprint density at radius 2 is 2.17 bits per heavy atom. The van der Waals surface area contributed by atoms with Crippen LogP contribution < -0.4 is 11.3 Å². The van der Waals surface area contributed by atoms with Gasteiger partial charge in [0.15, 0.2) is 0 Å². The molecule has 1 aromatic rings. The Bertz CT molecular complexity index is 344. The number of rotatable bonds is 5. The average molecular weight is 268 g/mol. The van der Waals surface area contributed by atoms with Gasteiger partial charge in [-0.1, -0.05) is 6.42 Å². The first-order valence-corrected chi connectivity index (χ1v) is 7.61. The average Bonchev–Trinajstić information content (AvgIpc) is 2.89. The van der Waals surface area contributed by atoms with E-state index in [1.165, 1.54) is 37.2 Å². The lowest BCUT2D eigenvalue weighted by Crippen LogP contribution is -2.61. The van der Waals surface area contributed by atoms with Gasteiger partial charge in [-0.15, -0.1) is 11.3 Å². The molecule has 4 nitrogen and oxygen atoms in total. The predicted octanol–water partition coefficient (Wildman–Crippen LogP) is 1.78. The van der Waals surface area contributed by atoms with Crippen molar-refractivity contribution in [3.05, 3.63) is 16.6 Å². The second-order valence-electron chi connectivity index (χ2n) is 5.59. The zero-order valence-electron chi connectivity index (χ0n) is 11.4. The SMILES string of the molecule is CC(C)(C(Cc1cncs1)NN)N1CCCCC1. The number of hydrogen-bond donors (Lipinski definition) is 2. The molecule has 1 atom stereocenters. The number of nitrogens with one attached hydrogen (secondary N) is 1. The van der Waals surface area contributed by atoms with E-state index >= 15 is 0 Å². The van der Waals surface area contributed by atoms with Gasteiger partial charge in [-0.05, 0) is 39.8 Å². The van der Waals surface area contributed by atoms with Crippen LogP contribution in [0.2, 0.25) is 0 Å². The third kappa shape index (κ3) is 3.09. The molecule has 2 rings (SSSR count). The third-order valence-electron chi connectivity index (χ3n) is 4.11. The highest BCUT2D eigenvalue weighted by molar-refractivity contribution is 7.09. The first kappa shape index (κ1) is 13.9. The second-order valence-corrected chi connectivity index (χ2v) is 6.56. The van der Waals surface area contributed by atoms with Crippen molar-refractivity contribution >= 4 is 11.3 Å². The number of likely N-dealkylation sites (tertiary alicyclic amines) is 1. The topological polar surface area (TPSA) is 54.2 Å². The highest BCUT2D eigenvalue weighted by Gasteiger charge is 2.35. The Balaban J connectivity index is 2.04. The molecule has 0 radical (unpaired) electrons. The summed E-state index contributed by atoms with van der Waals surface area (Å²) in [4.78, 5) is 8.01. The van der Waals surface area contributed by atoms with Gasteiger partial charge >= 0.3 is 0 Å². The van der Waals surface area contributed by atoms with Gasteiger partial charge in [-0.3, -0.25) is 21.2 Å². The monoisotopic (exact) mass is 268 g/mol. The van der Waals surface area contributed by atoms with E-state index in [2.05, 4.69) is 29.2 Å². The van der Waals surface area contributed by atoms with Crippen molar-refractivity contribution in [1.82, 2.24) is 15.3 Å². The fourth-order valence-corrected chi connectivity index (χ4v) is 3.39. The molecule has 1 saturated heterocycles. The maximum Gasteiger partial charge on any atom is 0.0794 e. The van der Waals surface area contributed by atoms with Crippen molar-refractivity contribution in [2.75, 3.05) is 13.1 Å². The number of nitrogens with two attached hydrogens (primary N) is 1. The summed E-state index contributed by atoms with van der Waals surface area (Å²) in [5.74, 6) is 5.79. The van der Waals surface area contributed by atoms with Gasteiger partial charge < -0.3 is 0 Å². The Morgan fingerprint density at radius 3 is 2.72 bits per heavy atom. The number of hydrazine groups is 1. The van der Waals surface area contributed by atoms with Gasteiger partial charge in [0.25, 0.3) is 0 Å². The first-order valence-electron chi connectivity index (χ1n) is 6.73. The standard InChI is InChI=1S/C13H24N4S/c1-13(2,17-6-4-3-5-7-17)12(16-14)8-11-9-15-10-18-11/h9-10,12,16H,3-8,14H2,1-2H3. The normalized spacial score (nSPS) is 19.9. The van der Waals surface area contributed by atoms with E-state index in [1.807, 2.05) is 11.7 Å². The molecule has 0 amide bonds. The molecule has 1 fully saturated rings. The molecule has 0 spiro atoms. The lowest BCUT2D eigenvalue weighted by Gasteiger charge is -2.45. The molecule has 1 unspecified atom stereocenters. The number of thiazole rings is 1. The van der Waals surface area contributed by atoms with E-state index in [4.69, 9.17) is 5.84 Å².